The average molecular weight is 507 g/mol. The van der Waals surface area contributed by atoms with Gasteiger partial charge in [0.2, 0.25) is 15.9 Å². The van der Waals surface area contributed by atoms with Crippen LogP contribution < -0.4 is 15.8 Å². The lowest BCUT2D eigenvalue weighted by Crippen LogP contribution is -2.36. The van der Waals surface area contributed by atoms with Crippen LogP contribution in [0.3, 0.4) is 0 Å². The molecule has 1 aromatic heterocycles. The number of oxazole rings is 1. The number of halogens is 1. The van der Waals surface area contributed by atoms with Gasteiger partial charge in [-0.2, -0.15) is 0 Å². The van der Waals surface area contributed by atoms with E-state index in [1.165, 1.54) is 12.1 Å². The van der Waals surface area contributed by atoms with Gasteiger partial charge in [-0.15, -0.1) is 24.0 Å². The Morgan fingerprint density at radius 2 is 1.93 bits per heavy atom. The first-order chi connectivity index (χ1) is 12.1. The molecule has 10 heteroatoms. The van der Waals surface area contributed by atoms with E-state index >= 15 is 0 Å². The molecule has 4 N–H and O–H groups in total. The van der Waals surface area contributed by atoms with Gasteiger partial charge < -0.3 is 15.1 Å². The molecule has 0 fully saturated rings. The molecular weight excluding hydrogens is 481 g/mol. The van der Waals surface area contributed by atoms with Crippen molar-refractivity contribution in [3.8, 4) is 0 Å². The van der Waals surface area contributed by atoms with Gasteiger partial charge in [-0.1, -0.05) is 32.9 Å². The second-order valence-corrected chi connectivity index (χ2v) is 8.40. The molecule has 0 bridgehead atoms. The molecular formula is C17H26IN5O3S. The van der Waals surface area contributed by atoms with E-state index in [9.17, 15) is 8.42 Å². The Labute approximate surface area is 177 Å². The van der Waals surface area contributed by atoms with E-state index in [-0.39, 0.29) is 34.3 Å². The standard InChI is InChI=1S/C17H25N5O3S.HI/c1-17(2,3)14-10-20-15(25-14)11-22-16(19-4)21-9-12-6-5-7-13(8-12)26(18,23)24;/h5-8,10H,9,11H2,1-4H3,(H2,18,23,24)(H2,19,21,22);1H. The number of benzene rings is 1. The van der Waals surface area contributed by atoms with E-state index in [1.807, 2.05) is 0 Å². The monoisotopic (exact) mass is 507 g/mol. The minimum absolute atomic E-state index is 0. The molecule has 0 aliphatic heterocycles. The fourth-order valence-electron chi connectivity index (χ4n) is 2.14. The smallest absolute Gasteiger partial charge is 0.238 e. The topological polar surface area (TPSA) is 123 Å². The predicted molar refractivity (Wildman–Crippen MR) is 115 cm³/mol. The molecule has 0 spiro atoms. The number of sulfonamides is 1. The molecule has 2 rings (SSSR count). The van der Waals surface area contributed by atoms with E-state index in [0.29, 0.717) is 24.9 Å². The highest BCUT2D eigenvalue weighted by atomic mass is 127. The predicted octanol–water partition coefficient (Wildman–Crippen LogP) is 2.10. The largest absolute Gasteiger partial charge is 0.443 e. The Morgan fingerprint density at radius 3 is 2.48 bits per heavy atom. The highest BCUT2D eigenvalue weighted by Gasteiger charge is 2.19. The highest BCUT2D eigenvalue weighted by molar-refractivity contribution is 14.0. The first-order valence-corrected chi connectivity index (χ1v) is 9.65. The lowest BCUT2D eigenvalue weighted by atomic mass is 9.94. The van der Waals surface area contributed by atoms with E-state index in [4.69, 9.17) is 9.56 Å². The second-order valence-electron chi connectivity index (χ2n) is 6.84. The van der Waals surface area contributed by atoms with Crippen molar-refractivity contribution in [1.82, 2.24) is 15.6 Å². The molecule has 0 unspecified atom stereocenters. The van der Waals surface area contributed by atoms with Crippen LogP contribution in [0.2, 0.25) is 0 Å². The summed E-state index contributed by atoms with van der Waals surface area (Å²) in [5.74, 6) is 1.92. The van der Waals surface area contributed by atoms with Crippen molar-refractivity contribution in [1.29, 1.82) is 0 Å². The van der Waals surface area contributed by atoms with Crippen molar-refractivity contribution in [2.75, 3.05) is 7.05 Å². The molecule has 0 aliphatic carbocycles. The minimum atomic E-state index is -3.72. The summed E-state index contributed by atoms with van der Waals surface area (Å²) in [6.07, 6.45) is 1.73. The van der Waals surface area contributed by atoms with Gasteiger partial charge in [-0.05, 0) is 17.7 Å². The SMILES string of the molecule is CN=C(NCc1cccc(S(N)(=O)=O)c1)NCc1ncc(C(C)(C)C)o1.I. The first-order valence-electron chi connectivity index (χ1n) is 8.11. The average Bonchev–Trinajstić information content (AvgIpc) is 3.04. The third-order valence-electron chi connectivity index (χ3n) is 3.61. The minimum Gasteiger partial charge on any atom is -0.443 e. The van der Waals surface area contributed by atoms with Crippen LogP contribution in [0, 0.1) is 0 Å². The summed E-state index contributed by atoms with van der Waals surface area (Å²) in [6.45, 7) is 6.94. The first kappa shape index (κ1) is 23.4. The maximum Gasteiger partial charge on any atom is 0.238 e. The van der Waals surface area contributed by atoms with Crippen LogP contribution in [-0.2, 0) is 28.5 Å². The Bertz CT molecular complexity index is 888. The molecule has 8 nitrogen and oxygen atoms in total. The van der Waals surface area contributed by atoms with Gasteiger partial charge in [0.25, 0.3) is 0 Å². The van der Waals surface area contributed by atoms with E-state index in [0.717, 1.165) is 11.3 Å². The summed E-state index contributed by atoms with van der Waals surface area (Å²) >= 11 is 0. The van der Waals surface area contributed by atoms with E-state index < -0.39 is 10.0 Å². The van der Waals surface area contributed by atoms with Crippen LogP contribution >= 0.6 is 24.0 Å². The number of aromatic nitrogens is 1. The molecule has 27 heavy (non-hydrogen) atoms. The zero-order chi connectivity index (χ0) is 19.4. The quantitative estimate of drug-likeness (QED) is 0.324. The molecule has 0 atom stereocenters. The number of nitrogens with zero attached hydrogens (tertiary/aromatic N) is 2. The van der Waals surface area contributed by atoms with E-state index in [1.54, 1.807) is 25.4 Å². The number of hydrogen-bond donors (Lipinski definition) is 3. The number of nitrogens with one attached hydrogen (secondary N) is 2. The Balaban J connectivity index is 0.00000364. The van der Waals surface area contributed by atoms with Gasteiger partial charge in [0.15, 0.2) is 5.96 Å². The fraction of sp³-hybridized carbons (Fsp3) is 0.412. The van der Waals surface area contributed by atoms with Gasteiger partial charge in [-0.3, -0.25) is 4.99 Å². The third-order valence-corrected chi connectivity index (χ3v) is 4.52. The number of primary sulfonamides is 1. The van der Waals surface area contributed by atoms with Gasteiger partial charge >= 0.3 is 0 Å². The highest BCUT2D eigenvalue weighted by Crippen LogP contribution is 2.22. The number of guanidine groups is 1. The zero-order valence-electron chi connectivity index (χ0n) is 15.8. The molecule has 0 saturated heterocycles. The number of rotatable bonds is 5. The van der Waals surface area contributed by atoms with Crippen molar-refractivity contribution in [2.45, 2.75) is 44.2 Å². The molecule has 1 aromatic carbocycles. The van der Waals surface area contributed by atoms with Crippen LogP contribution in [0.4, 0.5) is 0 Å². The number of nitrogens with two attached hydrogens (primary N) is 1. The molecule has 0 aliphatic rings. The third kappa shape index (κ3) is 7.11. The Hall–Kier alpha value is -1.66. The van der Waals surface area contributed by atoms with Gasteiger partial charge in [-0.25, -0.2) is 18.5 Å². The Kier molecular flexibility index (Phi) is 8.23. The van der Waals surface area contributed by atoms with Gasteiger partial charge in [0.05, 0.1) is 17.6 Å². The van der Waals surface area contributed by atoms with Crippen molar-refractivity contribution < 1.29 is 12.8 Å². The molecule has 1 heterocycles. The maximum absolute atomic E-state index is 11.4. The van der Waals surface area contributed by atoms with Crippen LogP contribution in [0.1, 0.15) is 38.0 Å². The summed E-state index contributed by atoms with van der Waals surface area (Å²) in [4.78, 5) is 8.46. The van der Waals surface area contributed by atoms with Crippen molar-refractivity contribution >= 4 is 40.0 Å². The van der Waals surface area contributed by atoms with Crippen molar-refractivity contribution in [3.05, 3.63) is 47.7 Å². The summed E-state index contributed by atoms with van der Waals surface area (Å²) in [5.41, 5.74) is 0.671. The fourth-order valence-corrected chi connectivity index (χ4v) is 2.72. The maximum atomic E-state index is 11.4. The zero-order valence-corrected chi connectivity index (χ0v) is 19.0. The van der Waals surface area contributed by atoms with Crippen molar-refractivity contribution in [2.24, 2.45) is 10.1 Å². The summed E-state index contributed by atoms with van der Waals surface area (Å²) < 4.78 is 28.6. The summed E-state index contributed by atoms with van der Waals surface area (Å²) in [5, 5.41) is 11.4. The van der Waals surface area contributed by atoms with E-state index in [2.05, 4.69) is 41.4 Å². The molecule has 0 amide bonds. The molecule has 2 aromatic rings. The van der Waals surface area contributed by atoms with Crippen LogP contribution in [0.15, 0.2) is 44.8 Å². The van der Waals surface area contributed by atoms with Crippen LogP contribution in [0.5, 0.6) is 0 Å². The van der Waals surface area contributed by atoms with Crippen molar-refractivity contribution in [3.63, 3.8) is 0 Å². The van der Waals surface area contributed by atoms with Gasteiger partial charge in [0, 0.05) is 19.0 Å². The normalized spacial score (nSPS) is 12.4. The molecule has 0 radical (unpaired) electrons. The second kappa shape index (κ2) is 9.51. The summed E-state index contributed by atoms with van der Waals surface area (Å²) in [7, 11) is -2.07. The lowest BCUT2D eigenvalue weighted by molar-refractivity contribution is 0.379. The summed E-state index contributed by atoms with van der Waals surface area (Å²) in [6, 6.07) is 6.44. The number of aliphatic imine (C=N–C) groups is 1. The molecule has 150 valence electrons. The van der Waals surface area contributed by atoms with Crippen LogP contribution in [-0.4, -0.2) is 26.4 Å². The van der Waals surface area contributed by atoms with Gasteiger partial charge in [0.1, 0.15) is 5.76 Å². The molecule has 0 saturated carbocycles. The number of hydrogen-bond acceptors (Lipinski definition) is 5. The van der Waals surface area contributed by atoms with Crippen LogP contribution in [0.25, 0.3) is 0 Å². The lowest BCUT2D eigenvalue weighted by Gasteiger charge is -2.13. The Morgan fingerprint density at radius 1 is 1.26 bits per heavy atom.